The molecule has 0 amide bonds. The second-order valence-corrected chi connectivity index (χ2v) is 3.62. The van der Waals surface area contributed by atoms with Gasteiger partial charge in [-0.05, 0) is 26.2 Å². The van der Waals surface area contributed by atoms with E-state index in [0.717, 1.165) is 39.1 Å². The van der Waals surface area contributed by atoms with Crippen molar-refractivity contribution in [1.29, 1.82) is 0 Å². The fourth-order valence-electron chi connectivity index (χ4n) is 1.05. The molecule has 0 aromatic rings. The van der Waals surface area contributed by atoms with Crippen LogP contribution in [0.3, 0.4) is 0 Å². The van der Waals surface area contributed by atoms with Crippen molar-refractivity contribution in [2.45, 2.75) is 52.6 Å². The van der Waals surface area contributed by atoms with Crippen LogP contribution in [0.25, 0.3) is 0 Å². The molecule has 0 heterocycles. The highest BCUT2D eigenvalue weighted by molar-refractivity contribution is 4.70. The van der Waals surface area contributed by atoms with Crippen LogP contribution in [0.1, 0.15) is 47.0 Å². The van der Waals surface area contributed by atoms with Crippen LogP contribution in [-0.2, 0) is 9.47 Å². The fourth-order valence-corrected chi connectivity index (χ4v) is 1.05. The molecule has 0 radical (unpaired) electrons. The molecule has 0 aromatic carbocycles. The number of hydrogen-bond acceptors (Lipinski definition) is 2. The Bertz CT molecular complexity index is 109. The predicted molar refractivity (Wildman–Crippen MR) is 56.0 cm³/mol. The molecule has 2 nitrogen and oxygen atoms in total. The highest BCUT2D eigenvalue weighted by Crippen LogP contribution is 2.18. The Kier molecular flexibility index (Phi) is 7.29. The van der Waals surface area contributed by atoms with E-state index in [4.69, 9.17) is 9.47 Å². The van der Waals surface area contributed by atoms with Gasteiger partial charge in [0, 0.05) is 6.61 Å². The topological polar surface area (TPSA) is 18.5 Å². The second-order valence-electron chi connectivity index (χ2n) is 3.62. The Balaban J connectivity index is 3.39. The molecule has 0 aliphatic heterocycles. The zero-order valence-corrected chi connectivity index (χ0v) is 9.56. The van der Waals surface area contributed by atoms with Gasteiger partial charge in [0.15, 0.2) is 0 Å². The van der Waals surface area contributed by atoms with Crippen molar-refractivity contribution in [2.75, 3.05) is 19.8 Å². The highest BCUT2D eigenvalue weighted by atomic mass is 16.5. The average molecular weight is 188 g/mol. The molecular formula is C11H24O2. The van der Waals surface area contributed by atoms with Crippen LogP contribution in [0.2, 0.25) is 0 Å². The van der Waals surface area contributed by atoms with Crippen molar-refractivity contribution in [3.05, 3.63) is 0 Å². The minimum absolute atomic E-state index is 0.0512. The summed E-state index contributed by atoms with van der Waals surface area (Å²) in [4.78, 5) is 0. The molecule has 80 valence electrons. The Labute approximate surface area is 82.6 Å². The Morgan fingerprint density at radius 1 is 0.923 bits per heavy atom. The molecule has 0 bridgehead atoms. The predicted octanol–water partition coefficient (Wildman–Crippen LogP) is 3.01. The van der Waals surface area contributed by atoms with Crippen LogP contribution < -0.4 is 0 Å². The molecule has 0 aromatic heterocycles. The quantitative estimate of drug-likeness (QED) is 0.545. The second kappa shape index (κ2) is 7.34. The standard InChI is InChI=1S/C11H24O2/c1-5-8-12-9-10-13-11(4,6-2)7-3/h5-10H2,1-4H3. The minimum atomic E-state index is 0.0512. The van der Waals surface area contributed by atoms with Crippen molar-refractivity contribution in [2.24, 2.45) is 0 Å². The summed E-state index contributed by atoms with van der Waals surface area (Å²) in [6.45, 7) is 10.9. The lowest BCUT2D eigenvalue weighted by molar-refractivity contribution is -0.0608. The molecule has 0 unspecified atom stereocenters. The van der Waals surface area contributed by atoms with Gasteiger partial charge >= 0.3 is 0 Å². The zero-order chi connectivity index (χ0) is 10.2. The van der Waals surface area contributed by atoms with Gasteiger partial charge in [0.05, 0.1) is 18.8 Å². The van der Waals surface area contributed by atoms with Crippen molar-refractivity contribution < 1.29 is 9.47 Å². The number of ether oxygens (including phenoxy) is 2. The summed E-state index contributed by atoms with van der Waals surface area (Å²) in [5, 5.41) is 0. The van der Waals surface area contributed by atoms with Gasteiger partial charge in [-0.25, -0.2) is 0 Å². The van der Waals surface area contributed by atoms with E-state index < -0.39 is 0 Å². The lowest BCUT2D eigenvalue weighted by Crippen LogP contribution is -2.28. The van der Waals surface area contributed by atoms with Gasteiger partial charge in [-0.1, -0.05) is 20.8 Å². The van der Waals surface area contributed by atoms with Gasteiger partial charge in [0.1, 0.15) is 0 Å². The lowest BCUT2D eigenvalue weighted by atomic mass is 10.0. The van der Waals surface area contributed by atoms with Gasteiger partial charge in [0.25, 0.3) is 0 Å². The maximum atomic E-state index is 5.75. The molecule has 0 saturated heterocycles. The molecular weight excluding hydrogens is 164 g/mol. The largest absolute Gasteiger partial charge is 0.379 e. The van der Waals surface area contributed by atoms with Crippen molar-refractivity contribution in [3.8, 4) is 0 Å². The molecule has 0 aliphatic carbocycles. The molecule has 0 N–H and O–H groups in total. The Morgan fingerprint density at radius 2 is 1.54 bits per heavy atom. The molecule has 0 rings (SSSR count). The summed E-state index contributed by atoms with van der Waals surface area (Å²) in [5.41, 5.74) is 0.0512. The summed E-state index contributed by atoms with van der Waals surface area (Å²) in [5.74, 6) is 0. The van der Waals surface area contributed by atoms with Gasteiger partial charge in [-0.3, -0.25) is 0 Å². The van der Waals surface area contributed by atoms with Crippen LogP contribution in [0.5, 0.6) is 0 Å². The van der Waals surface area contributed by atoms with Gasteiger partial charge in [-0.15, -0.1) is 0 Å². The van der Waals surface area contributed by atoms with Crippen LogP contribution in [0, 0.1) is 0 Å². The first-order chi connectivity index (χ1) is 6.18. The van der Waals surface area contributed by atoms with E-state index in [2.05, 4.69) is 27.7 Å². The smallest absolute Gasteiger partial charge is 0.0707 e. The third-order valence-corrected chi connectivity index (χ3v) is 2.52. The van der Waals surface area contributed by atoms with Crippen LogP contribution in [0.4, 0.5) is 0 Å². The Morgan fingerprint density at radius 3 is 2.00 bits per heavy atom. The summed E-state index contributed by atoms with van der Waals surface area (Å²) < 4.78 is 11.1. The monoisotopic (exact) mass is 188 g/mol. The third kappa shape index (κ3) is 6.05. The van der Waals surface area contributed by atoms with Gasteiger partial charge < -0.3 is 9.47 Å². The molecule has 0 saturated carbocycles. The number of hydrogen-bond donors (Lipinski definition) is 0. The van der Waals surface area contributed by atoms with Gasteiger partial charge in [-0.2, -0.15) is 0 Å². The summed E-state index contributed by atoms with van der Waals surface area (Å²) in [7, 11) is 0. The van der Waals surface area contributed by atoms with Crippen LogP contribution in [-0.4, -0.2) is 25.4 Å². The maximum Gasteiger partial charge on any atom is 0.0707 e. The Hall–Kier alpha value is -0.0800. The van der Waals surface area contributed by atoms with Gasteiger partial charge in [0.2, 0.25) is 0 Å². The van der Waals surface area contributed by atoms with E-state index in [1.54, 1.807) is 0 Å². The van der Waals surface area contributed by atoms with E-state index >= 15 is 0 Å². The van der Waals surface area contributed by atoms with Crippen molar-refractivity contribution in [1.82, 2.24) is 0 Å². The van der Waals surface area contributed by atoms with E-state index in [0.29, 0.717) is 0 Å². The minimum Gasteiger partial charge on any atom is -0.379 e. The molecule has 13 heavy (non-hydrogen) atoms. The molecule has 2 heteroatoms. The van der Waals surface area contributed by atoms with Crippen molar-refractivity contribution >= 4 is 0 Å². The maximum absolute atomic E-state index is 5.75. The van der Waals surface area contributed by atoms with Crippen LogP contribution >= 0.6 is 0 Å². The molecule has 0 atom stereocenters. The first-order valence-corrected chi connectivity index (χ1v) is 5.40. The number of rotatable bonds is 8. The summed E-state index contributed by atoms with van der Waals surface area (Å²) in [6.07, 6.45) is 3.22. The van der Waals surface area contributed by atoms with E-state index in [1.807, 2.05) is 0 Å². The fraction of sp³-hybridized carbons (Fsp3) is 1.00. The normalized spacial score (nSPS) is 12.0. The highest BCUT2D eigenvalue weighted by Gasteiger charge is 2.19. The first kappa shape index (κ1) is 12.9. The van der Waals surface area contributed by atoms with E-state index in [1.165, 1.54) is 0 Å². The molecule has 0 spiro atoms. The lowest BCUT2D eigenvalue weighted by Gasteiger charge is -2.27. The van der Waals surface area contributed by atoms with E-state index in [9.17, 15) is 0 Å². The SMILES string of the molecule is CCCOCCOC(C)(CC)CC. The van der Waals surface area contributed by atoms with E-state index in [-0.39, 0.29) is 5.60 Å². The zero-order valence-electron chi connectivity index (χ0n) is 9.56. The average Bonchev–Trinajstić information content (AvgIpc) is 2.17. The summed E-state index contributed by atoms with van der Waals surface area (Å²) in [6, 6.07) is 0. The first-order valence-electron chi connectivity index (χ1n) is 5.40. The van der Waals surface area contributed by atoms with Crippen LogP contribution in [0.15, 0.2) is 0 Å². The third-order valence-electron chi connectivity index (χ3n) is 2.52. The summed E-state index contributed by atoms with van der Waals surface area (Å²) >= 11 is 0. The molecule has 0 fully saturated rings. The molecule has 0 aliphatic rings. The van der Waals surface area contributed by atoms with Crippen molar-refractivity contribution in [3.63, 3.8) is 0 Å².